The number of nitriles is 1. The van der Waals surface area contributed by atoms with E-state index in [1.807, 2.05) is 19.2 Å². The minimum absolute atomic E-state index is 0.0215. The molecule has 6 rings (SSSR count). The van der Waals surface area contributed by atoms with Gasteiger partial charge in [0.25, 0.3) is 5.56 Å². The Kier molecular flexibility index (Phi) is 4.54. The second-order valence-corrected chi connectivity index (χ2v) is 8.92. The highest BCUT2D eigenvalue weighted by Crippen LogP contribution is 2.46. The number of H-pyrrole nitrogens is 1. The molecule has 0 spiro atoms. The summed E-state index contributed by atoms with van der Waals surface area (Å²) in [6, 6.07) is 7.72. The summed E-state index contributed by atoms with van der Waals surface area (Å²) in [6.07, 6.45) is 9.55. The van der Waals surface area contributed by atoms with Gasteiger partial charge in [0, 0.05) is 42.0 Å². The predicted octanol–water partition coefficient (Wildman–Crippen LogP) is 3.32. The van der Waals surface area contributed by atoms with Gasteiger partial charge in [0.2, 0.25) is 0 Å². The fourth-order valence-electron chi connectivity index (χ4n) is 4.65. The van der Waals surface area contributed by atoms with Crippen molar-refractivity contribution in [1.29, 1.82) is 5.26 Å². The molecule has 0 amide bonds. The third-order valence-corrected chi connectivity index (χ3v) is 6.88. The summed E-state index contributed by atoms with van der Waals surface area (Å²) in [5.41, 5.74) is 2.23. The second kappa shape index (κ2) is 7.59. The van der Waals surface area contributed by atoms with Gasteiger partial charge in [0.15, 0.2) is 11.3 Å². The number of rotatable bonds is 5. The highest BCUT2D eigenvalue weighted by atomic mass is 16.1. The van der Waals surface area contributed by atoms with E-state index in [9.17, 15) is 10.1 Å². The monoisotopic (exact) mass is 438 g/mol. The lowest BCUT2D eigenvalue weighted by molar-refractivity contribution is 0.319. The van der Waals surface area contributed by atoms with Crippen LogP contribution in [0.25, 0.3) is 11.0 Å². The van der Waals surface area contributed by atoms with E-state index in [0.29, 0.717) is 17.4 Å². The zero-order chi connectivity index (χ0) is 22.5. The van der Waals surface area contributed by atoms with Gasteiger partial charge in [-0.1, -0.05) is 6.07 Å². The second-order valence-electron chi connectivity index (χ2n) is 8.92. The number of aromatic amines is 1. The van der Waals surface area contributed by atoms with Crippen LogP contribution in [0.15, 0.2) is 41.6 Å². The van der Waals surface area contributed by atoms with Crippen molar-refractivity contribution >= 4 is 11.0 Å². The van der Waals surface area contributed by atoms with Gasteiger partial charge in [0.1, 0.15) is 23.1 Å². The number of fused-ring (bicyclic) bond motifs is 1. The number of nitrogens with zero attached hydrogens (tertiary/aromatic N) is 7. The molecule has 33 heavy (non-hydrogen) atoms. The van der Waals surface area contributed by atoms with Crippen molar-refractivity contribution in [3.05, 3.63) is 75.7 Å². The van der Waals surface area contributed by atoms with E-state index in [-0.39, 0.29) is 34.5 Å². The molecule has 9 nitrogen and oxygen atoms in total. The maximum absolute atomic E-state index is 13.0. The van der Waals surface area contributed by atoms with E-state index >= 15 is 0 Å². The van der Waals surface area contributed by atoms with Gasteiger partial charge in [-0.2, -0.15) is 10.4 Å². The van der Waals surface area contributed by atoms with Crippen LogP contribution in [-0.2, 0) is 0 Å². The van der Waals surface area contributed by atoms with E-state index in [0.717, 1.165) is 29.9 Å². The predicted molar refractivity (Wildman–Crippen MR) is 120 cm³/mol. The van der Waals surface area contributed by atoms with Gasteiger partial charge < -0.3 is 4.98 Å². The summed E-state index contributed by atoms with van der Waals surface area (Å²) in [5, 5.41) is 14.3. The Labute approximate surface area is 189 Å². The molecule has 9 heteroatoms. The Bertz CT molecular complexity index is 1430. The van der Waals surface area contributed by atoms with Crippen LogP contribution >= 0.6 is 0 Å². The standard InChI is InChI=1S/C24H22N8O/c1-13(15-5-8-18(28-12-15)14-3-4-14)32-23-20(19(11-25)31-32)24(33)30-22(29-23)17-7-6-16(17)21-26-9-2-10-27-21/h2,5,8-10,12-14,16-17H,3-4,6-7H2,1H3,(H,29,30,33)/t13-,16-,17+/m0/s1. The Hall–Kier alpha value is -3.93. The Balaban J connectivity index is 1.41. The maximum atomic E-state index is 13.0. The molecule has 0 aliphatic heterocycles. The number of nitrogens with one attached hydrogen (secondary N) is 1. The minimum Gasteiger partial charge on any atom is -0.310 e. The lowest BCUT2D eigenvalue weighted by Gasteiger charge is -2.34. The van der Waals surface area contributed by atoms with Crippen molar-refractivity contribution in [2.45, 2.75) is 56.4 Å². The number of aromatic nitrogens is 7. The third kappa shape index (κ3) is 3.30. The average Bonchev–Trinajstić information content (AvgIpc) is 3.59. The van der Waals surface area contributed by atoms with Gasteiger partial charge in [-0.05, 0) is 50.3 Å². The Morgan fingerprint density at radius 2 is 1.91 bits per heavy atom. The fraction of sp³-hybridized carbons (Fsp3) is 0.375. The summed E-state index contributed by atoms with van der Waals surface area (Å²) in [4.78, 5) is 34.1. The van der Waals surface area contributed by atoms with Crippen molar-refractivity contribution in [3.63, 3.8) is 0 Å². The van der Waals surface area contributed by atoms with E-state index in [1.54, 1.807) is 23.1 Å². The van der Waals surface area contributed by atoms with Crippen LogP contribution in [0, 0.1) is 11.3 Å². The van der Waals surface area contributed by atoms with E-state index in [4.69, 9.17) is 4.98 Å². The molecule has 4 aromatic heterocycles. The molecule has 1 N–H and O–H groups in total. The van der Waals surface area contributed by atoms with E-state index in [1.165, 1.54) is 12.8 Å². The van der Waals surface area contributed by atoms with Gasteiger partial charge in [-0.15, -0.1) is 0 Å². The lowest BCUT2D eigenvalue weighted by Crippen LogP contribution is -2.28. The SMILES string of the molecule is C[C@@H](c1ccc(C2CC2)nc1)n1nc(C#N)c2c(=O)[nH]c([C@@H]3CC[C@@H]3c3ncccn3)nc21. The minimum atomic E-state index is -0.341. The topological polar surface area (TPSA) is 126 Å². The summed E-state index contributed by atoms with van der Waals surface area (Å²) >= 11 is 0. The molecule has 4 aromatic rings. The molecule has 0 aromatic carbocycles. The molecular weight excluding hydrogens is 416 g/mol. The maximum Gasteiger partial charge on any atom is 0.263 e. The van der Waals surface area contributed by atoms with Crippen LogP contribution in [0.4, 0.5) is 0 Å². The first kappa shape index (κ1) is 19.7. The first-order valence-electron chi connectivity index (χ1n) is 11.3. The van der Waals surface area contributed by atoms with Crippen molar-refractivity contribution in [1.82, 2.24) is 34.7 Å². The van der Waals surface area contributed by atoms with E-state index in [2.05, 4.69) is 37.2 Å². The van der Waals surface area contributed by atoms with Crippen molar-refractivity contribution in [3.8, 4) is 6.07 Å². The molecule has 3 atom stereocenters. The molecule has 164 valence electrons. The molecule has 0 bridgehead atoms. The molecule has 0 radical (unpaired) electrons. The van der Waals surface area contributed by atoms with E-state index < -0.39 is 0 Å². The molecule has 2 saturated carbocycles. The molecule has 2 aliphatic carbocycles. The Morgan fingerprint density at radius 1 is 1.12 bits per heavy atom. The molecule has 0 saturated heterocycles. The quantitative estimate of drug-likeness (QED) is 0.506. The number of hydrogen-bond donors (Lipinski definition) is 1. The fourth-order valence-corrected chi connectivity index (χ4v) is 4.65. The van der Waals surface area contributed by atoms with Crippen LogP contribution in [0.3, 0.4) is 0 Å². The average molecular weight is 438 g/mol. The summed E-state index contributed by atoms with van der Waals surface area (Å²) in [5.74, 6) is 2.06. The normalized spacial score (nSPS) is 20.8. The van der Waals surface area contributed by atoms with Crippen LogP contribution in [0.1, 0.15) is 85.0 Å². The van der Waals surface area contributed by atoms with Crippen molar-refractivity contribution < 1.29 is 0 Å². The largest absolute Gasteiger partial charge is 0.310 e. The first-order valence-corrected chi connectivity index (χ1v) is 11.3. The zero-order valence-corrected chi connectivity index (χ0v) is 18.1. The molecule has 2 aliphatic rings. The molecule has 4 heterocycles. The van der Waals surface area contributed by atoms with Crippen LogP contribution in [0.2, 0.25) is 0 Å². The van der Waals surface area contributed by atoms with Gasteiger partial charge >= 0.3 is 0 Å². The van der Waals surface area contributed by atoms with Crippen molar-refractivity contribution in [2.24, 2.45) is 0 Å². The highest BCUT2D eigenvalue weighted by molar-refractivity contribution is 5.80. The zero-order valence-electron chi connectivity index (χ0n) is 18.1. The number of pyridine rings is 1. The summed E-state index contributed by atoms with van der Waals surface area (Å²) in [7, 11) is 0. The van der Waals surface area contributed by atoms with Crippen LogP contribution in [0.5, 0.6) is 0 Å². The van der Waals surface area contributed by atoms with Crippen molar-refractivity contribution in [2.75, 3.05) is 0 Å². The van der Waals surface area contributed by atoms with Crippen LogP contribution < -0.4 is 5.56 Å². The van der Waals surface area contributed by atoms with Crippen LogP contribution in [-0.4, -0.2) is 34.7 Å². The Morgan fingerprint density at radius 3 is 2.55 bits per heavy atom. The lowest BCUT2D eigenvalue weighted by atomic mass is 9.72. The molecule has 2 fully saturated rings. The molecular formula is C24H22N8O. The smallest absolute Gasteiger partial charge is 0.263 e. The van der Waals surface area contributed by atoms with Gasteiger partial charge in [-0.3, -0.25) is 9.78 Å². The first-order chi connectivity index (χ1) is 16.1. The third-order valence-electron chi connectivity index (χ3n) is 6.88. The summed E-state index contributed by atoms with van der Waals surface area (Å²) < 4.78 is 1.67. The highest BCUT2D eigenvalue weighted by Gasteiger charge is 2.38. The number of hydrogen-bond acceptors (Lipinski definition) is 7. The summed E-state index contributed by atoms with van der Waals surface area (Å²) in [6.45, 7) is 1.98. The molecule has 0 unspecified atom stereocenters. The van der Waals surface area contributed by atoms with Gasteiger partial charge in [0.05, 0.1) is 6.04 Å². The van der Waals surface area contributed by atoms with Gasteiger partial charge in [-0.25, -0.2) is 19.6 Å².